The molecule has 18 heavy (non-hydrogen) atoms. The molecule has 0 aliphatic heterocycles. The van der Waals surface area contributed by atoms with Crippen molar-refractivity contribution in [3.05, 3.63) is 15.6 Å². The Morgan fingerprint density at radius 2 is 2.22 bits per heavy atom. The predicted molar refractivity (Wildman–Crippen MR) is 70.7 cm³/mol. The predicted octanol–water partition coefficient (Wildman–Crippen LogP) is 1.34. The van der Waals surface area contributed by atoms with E-state index in [-0.39, 0.29) is 24.5 Å². The summed E-state index contributed by atoms with van der Waals surface area (Å²) in [5.41, 5.74) is 0.716. The quantitative estimate of drug-likeness (QED) is 0.820. The van der Waals surface area contributed by atoms with Gasteiger partial charge >= 0.3 is 0 Å². The lowest BCUT2D eigenvalue weighted by Crippen LogP contribution is -2.38. The minimum atomic E-state index is -0.139. The van der Waals surface area contributed by atoms with Crippen molar-refractivity contribution in [3.8, 4) is 0 Å². The number of aryl methyl sites for hydroxylation is 1. The van der Waals surface area contributed by atoms with E-state index in [1.54, 1.807) is 7.11 Å². The van der Waals surface area contributed by atoms with E-state index in [1.807, 2.05) is 20.8 Å². The Bertz CT molecular complexity index is 406. The molecule has 2 N–H and O–H groups in total. The summed E-state index contributed by atoms with van der Waals surface area (Å²) in [7, 11) is 1.60. The summed E-state index contributed by atoms with van der Waals surface area (Å²) in [6.45, 7) is 6.05. The number of nitrogens with zero attached hydrogens (tertiary/aromatic N) is 1. The summed E-state index contributed by atoms with van der Waals surface area (Å²) >= 11 is 1.34. The van der Waals surface area contributed by atoms with Crippen LogP contribution in [0.5, 0.6) is 0 Å². The van der Waals surface area contributed by atoms with Crippen molar-refractivity contribution in [1.29, 1.82) is 0 Å². The number of rotatable bonds is 6. The molecule has 2 unspecified atom stereocenters. The van der Waals surface area contributed by atoms with Crippen molar-refractivity contribution in [1.82, 2.24) is 10.3 Å². The van der Waals surface area contributed by atoms with Crippen LogP contribution in [0.2, 0.25) is 0 Å². The molecule has 0 saturated carbocycles. The first-order valence-electron chi connectivity index (χ1n) is 5.86. The average Bonchev–Trinajstić information content (AvgIpc) is 2.69. The fraction of sp³-hybridized carbons (Fsp3) is 0.667. The summed E-state index contributed by atoms with van der Waals surface area (Å²) in [4.78, 5) is 16.9. The Hall–Kier alpha value is -0.980. The first-order valence-corrected chi connectivity index (χ1v) is 6.68. The van der Waals surface area contributed by atoms with Crippen LogP contribution < -0.4 is 5.32 Å². The Labute approximate surface area is 111 Å². The highest BCUT2D eigenvalue weighted by atomic mass is 32.1. The SMILES string of the molecule is COCc1nc(C)c(C(=O)NC(C)C(C)CO)s1. The summed E-state index contributed by atoms with van der Waals surface area (Å²) in [5.74, 6) is -0.110. The van der Waals surface area contributed by atoms with Gasteiger partial charge in [-0.15, -0.1) is 11.3 Å². The number of amides is 1. The number of hydrogen-bond acceptors (Lipinski definition) is 5. The number of aliphatic hydroxyl groups excluding tert-OH is 1. The van der Waals surface area contributed by atoms with Crippen LogP contribution in [0.1, 0.15) is 34.2 Å². The minimum absolute atomic E-state index is 0.0284. The standard InChI is InChI=1S/C12H20N2O3S/c1-7(5-15)8(2)14-12(16)11-9(3)13-10(18-11)6-17-4/h7-8,15H,5-6H2,1-4H3,(H,14,16). The monoisotopic (exact) mass is 272 g/mol. The maximum Gasteiger partial charge on any atom is 0.263 e. The molecule has 102 valence electrons. The van der Waals surface area contributed by atoms with E-state index in [0.717, 1.165) is 5.01 Å². The van der Waals surface area contributed by atoms with Crippen molar-refractivity contribution in [2.45, 2.75) is 33.4 Å². The Morgan fingerprint density at radius 3 is 2.78 bits per heavy atom. The van der Waals surface area contributed by atoms with E-state index in [4.69, 9.17) is 9.84 Å². The maximum atomic E-state index is 12.1. The summed E-state index contributed by atoms with van der Waals surface area (Å²) < 4.78 is 5.00. The fourth-order valence-electron chi connectivity index (χ4n) is 1.42. The Morgan fingerprint density at radius 1 is 1.56 bits per heavy atom. The second kappa shape index (κ2) is 6.82. The first-order chi connectivity index (χ1) is 8.49. The highest BCUT2D eigenvalue weighted by Crippen LogP contribution is 2.19. The lowest BCUT2D eigenvalue weighted by molar-refractivity contribution is 0.0919. The zero-order chi connectivity index (χ0) is 13.7. The molecule has 2 atom stereocenters. The molecule has 0 bridgehead atoms. The molecule has 1 amide bonds. The van der Waals surface area contributed by atoms with E-state index in [0.29, 0.717) is 17.2 Å². The number of carbonyl (C=O) groups is 1. The van der Waals surface area contributed by atoms with Crippen molar-refractivity contribution in [3.63, 3.8) is 0 Å². The van der Waals surface area contributed by atoms with E-state index >= 15 is 0 Å². The smallest absolute Gasteiger partial charge is 0.263 e. The molecule has 1 aromatic rings. The van der Waals surface area contributed by atoms with Gasteiger partial charge in [-0.3, -0.25) is 4.79 Å². The van der Waals surface area contributed by atoms with Gasteiger partial charge in [-0.25, -0.2) is 4.98 Å². The second-order valence-electron chi connectivity index (χ2n) is 4.38. The highest BCUT2D eigenvalue weighted by molar-refractivity contribution is 7.13. The normalized spacial score (nSPS) is 14.3. The minimum Gasteiger partial charge on any atom is -0.396 e. The zero-order valence-electron chi connectivity index (χ0n) is 11.2. The number of carbonyl (C=O) groups excluding carboxylic acids is 1. The molecule has 5 nitrogen and oxygen atoms in total. The van der Waals surface area contributed by atoms with Gasteiger partial charge in [-0.1, -0.05) is 6.92 Å². The molecule has 1 rings (SSSR count). The highest BCUT2D eigenvalue weighted by Gasteiger charge is 2.19. The van der Waals surface area contributed by atoms with Gasteiger partial charge in [0.2, 0.25) is 0 Å². The molecule has 0 fully saturated rings. The number of hydrogen-bond donors (Lipinski definition) is 2. The van der Waals surface area contributed by atoms with Crippen LogP contribution in [0.25, 0.3) is 0 Å². The Kier molecular flexibility index (Phi) is 5.71. The third-order valence-electron chi connectivity index (χ3n) is 2.82. The van der Waals surface area contributed by atoms with E-state index in [1.165, 1.54) is 11.3 Å². The number of thiazole rings is 1. The van der Waals surface area contributed by atoms with Gasteiger partial charge in [-0.05, 0) is 19.8 Å². The van der Waals surface area contributed by atoms with Crippen molar-refractivity contribution >= 4 is 17.2 Å². The number of ether oxygens (including phenoxy) is 1. The number of nitrogens with one attached hydrogen (secondary N) is 1. The molecule has 0 radical (unpaired) electrons. The van der Waals surface area contributed by atoms with E-state index in [2.05, 4.69) is 10.3 Å². The van der Waals surface area contributed by atoms with Gasteiger partial charge in [0.1, 0.15) is 9.88 Å². The van der Waals surface area contributed by atoms with Crippen molar-refractivity contribution in [2.24, 2.45) is 5.92 Å². The van der Waals surface area contributed by atoms with Crippen LogP contribution in [0.4, 0.5) is 0 Å². The molecule has 0 aliphatic carbocycles. The van der Waals surface area contributed by atoms with E-state index < -0.39 is 0 Å². The molecular formula is C12H20N2O3S. The first kappa shape index (κ1) is 15.1. The molecule has 0 aromatic carbocycles. The van der Waals surface area contributed by atoms with Gasteiger partial charge < -0.3 is 15.2 Å². The van der Waals surface area contributed by atoms with Crippen LogP contribution >= 0.6 is 11.3 Å². The molecule has 0 spiro atoms. The van der Waals surface area contributed by atoms with Gasteiger partial charge in [0.15, 0.2) is 0 Å². The summed E-state index contributed by atoms with van der Waals surface area (Å²) in [5, 5.41) is 12.7. The van der Waals surface area contributed by atoms with Gasteiger partial charge in [0, 0.05) is 19.8 Å². The van der Waals surface area contributed by atoms with Crippen LogP contribution in [-0.4, -0.2) is 35.8 Å². The second-order valence-corrected chi connectivity index (χ2v) is 5.46. The third kappa shape index (κ3) is 3.76. The van der Waals surface area contributed by atoms with Crippen LogP contribution in [-0.2, 0) is 11.3 Å². The molecule has 0 saturated heterocycles. The van der Waals surface area contributed by atoms with Crippen molar-refractivity contribution < 1.29 is 14.6 Å². The summed E-state index contributed by atoms with van der Waals surface area (Å²) in [6, 6.07) is -0.0742. The summed E-state index contributed by atoms with van der Waals surface area (Å²) in [6.07, 6.45) is 0. The topological polar surface area (TPSA) is 71.5 Å². The number of aromatic nitrogens is 1. The van der Waals surface area contributed by atoms with Crippen molar-refractivity contribution in [2.75, 3.05) is 13.7 Å². The molecule has 1 aromatic heterocycles. The van der Waals surface area contributed by atoms with Gasteiger partial charge in [-0.2, -0.15) is 0 Å². The van der Waals surface area contributed by atoms with Crippen LogP contribution in [0.15, 0.2) is 0 Å². The van der Waals surface area contributed by atoms with Crippen LogP contribution in [0.3, 0.4) is 0 Å². The molecule has 0 aliphatic rings. The lowest BCUT2D eigenvalue weighted by atomic mass is 10.1. The molecule has 6 heteroatoms. The zero-order valence-corrected chi connectivity index (χ0v) is 12.0. The molecule has 1 heterocycles. The third-order valence-corrected chi connectivity index (χ3v) is 3.94. The Balaban J connectivity index is 2.72. The number of methoxy groups -OCH3 is 1. The largest absolute Gasteiger partial charge is 0.396 e. The lowest BCUT2D eigenvalue weighted by Gasteiger charge is -2.18. The fourth-order valence-corrected chi connectivity index (χ4v) is 2.36. The number of aliphatic hydroxyl groups is 1. The average molecular weight is 272 g/mol. The van der Waals surface area contributed by atoms with Crippen LogP contribution in [0, 0.1) is 12.8 Å². The van der Waals surface area contributed by atoms with E-state index in [9.17, 15) is 4.79 Å². The van der Waals surface area contributed by atoms with Gasteiger partial charge in [0.05, 0.1) is 12.3 Å². The maximum absolute atomic E-state index is 12.1. The molecular weight excluding hydrogens is 252 g/mol. The van der Waals surface area contributed by atoms with Gasteiger partial charge in [0.25, 0.3) is 5.91 Å².